The van der Waals surface area contributed by atoms with E-state index in [9.17, 15) is 0 Å². The van der Waals surface area contributed by atoms with Gasteiger partial charge in [-0.25, -0.2) is 0 Å². The lowest BCUT2D eigenvalue weighted by molar-refractivity contribution is 0.298. The van der Waals surface area contributed by atoms with Gasteiger partial charge in [0.15, 0.2) is 0 Å². The molecule has 0 aromatic heterocycles. The second kappa shape index (κ2) is 6.97. The van der Waals surface area contributed by atoms with Crippen LogP contribution in [-0.4, -0.2) is 12.6 Å². The zero-order valence-corrected chi connectivity index (χ0v) is 13.3. The second-order valence-corrected chi connectivity index (χ2v) is 6.52. The fraction of sp³-hybridized carbons (Fsp3) is 0.625. The Morgan fingerprint density at radius 1 is 1.32 bits per heavy atom. The maximum atomic E-state index is 6.30. The molecule has 0 radical (unpaired) electrons. The molecular weight excluding hydrogens is 277 g/mol. The highest BCUT2D eigenvalue weighted by atomic mass is 35.5. The van der Waals surface area contributed by atoms with Crippen LogP contribution < -0.4 is 5.32 Å². The van der Waals surface area contributed by atoms with Crippen molar-refractivity contribution in [1.29, 1.82) is 0 Å². The molecule has 1 saturated carbocycles. The van der Waals surface area contributed by atoms with E-state index in [2.05, 4.69) is 19.2 Å². The Morgan fingerprint density at radius 2 is 2.11 bits per heavy atom. The predicted octanol–water partition coefficient (Wildman–Crippen LogP) is 4.95. The first-order valence-electron chi connectivity index (χ1n) is 7.29. The molecule has 0 aliphatic heterocycles. The van der Waals surface area contributed by atoms with Gasteiger partial charge < -0.3 is 5.32 Å². The van der Waals surface area contributed by atoms with Crippen LogP contribution in [0.1, 0.15) is 38.7 Å². The van der Waals surface area contributed by atoms with E-state index in [-0.39, 0.29) is 0 Å². The number of hydrogen-bond donors (Lipinski definition) is 1. The largest absolute Gasteiger partial charge is 0.314 e. The number of benzene rings is 1. The fourth-order valence-corrected chi connectivity index (χ4v) is 3.74. The van der Waals surface area contributed by atoms with Crippen molar-refractivity contribution >= 4 is 23.2 Å². The third-order valence-corrected chi connectivity index (χ3v) is 4.96. The normalized spacial score (nSPS) is 24.6. The van der Waals surface area contributed by atoms with Gasteiger partial charge in [0.2, 0.25) is 0 Å². The van der Waals surface area contributed by atoms with E-state index in [1.807, 2.05) is 18.2 Å². The molecule has 1 aromatic rings. The Kier molecular flexibility index (Phi) is 5.56. The van der Waals surface area contributed by atoms with E-state index in [4.69, 9.17) is 23.2 Å². The molecule has 1 aliphatic carbocycles. The summed E-state index contributed by atoms with van der Waals surface area (Å²) in [5.41, 5.74) is 1.17. The molecule has 1 N–H and O–H groups in total. The van der Waals surface area contributed by atoms with Gasteiger partial charge in [0.05, 0.1) is 0 Å². The molecule has 1 nitrogen and oxygen atoms in total. The molecule has 0 bridgehead atoms. The summed E-state index contributed by atoms with van der Waals surface area (Å²) in [6.45, 7) is 5.56. The summed E-state index contributed by atoms with van der Waals surface area (Å²) in [5.74, 6) is 1.57. The van der Waals surface area contributed by atoms with E-state index in [1.54, 1.807) is 0 Å². The summed E-state index contributed by atoms with van der Waals surface area (Å²) in [6, 6.07) is 6.28. The van der Waals surface area contributed by atoms with Crippen LogP contribution in [0.2, 0.25) is 10.0 Å². The number of likely N-dealkylation sites (N-methyl/N-ethyl adjacent to an activating group) is 1. The SMILES string of the molecule is CCNC(Cc1cc(Cl)ccc1Cl)C1CCCC1C. The Morgan fingerprint density at radius 3 is 2.74 bits per heavy atom. The van der Waals surface area contributed by atoms with Crippen molar-refractivity contribution in [3.63, 3.8) is 0 Å². The van der Waals surface area contributed by atoms with Crippen LogP contribution in [-0.2, 0) is 6.42 Å². The molecular formula is C16H23Cl2N. The standard InChI is InChI=1S/C16H23Cl2N/c1-3-19-16(14-6-4-5-11(14)2)10-12-9-13(17)7-8-15(12)18/h7-9,11,14,16,19H,3-6,10H2,1-2H3. The molecule has 106 valence electrons. The Balaban J connectivity index is 2.13. The minimum Gasteiger partial charge on any atom is -0.314 e. The summed E-state index contributed by atoms with van der Waals surface area (Å²) in [5, 5.41) is 5.25. The molecule has 0 heterocycles. The van der Waals surface area contributed by atoms with Crippen molar-refractivity contribution in [2.24, 2.45) is 11.8 Å². The van der Waals surface area contributed by atoms with Crippen molar-refractivity contribution in [3.05, 3.63) is 33.8 Å². The van der Waals surface area contributed by atoms with E-state index < -0.39 is 0 Å². The lowest BCUT2D eigenvalue weighted by Crippen LogP contribution is -2.39. The highest BCUT2D eigenvalue weighted by Crippen LogP contribution is 2.35. The molecule has 3 atom stereocenters. The first-order valence-corrected chi connectivity index (χ1v) is 8.04. The monoisotopic (exact) mass is 299 g/mol. The Hall–Kier alpha value is -0.240. The van der Waals surface area contributed by atoms with Gasteiger partial charge in [-0.3, -0.25) is 0 Å². The van der Waals surface area contributed by atoms with E-state index >= 15 is 0 Å². The smallest absolute Gasteiger partial charge is 0.0439 e. The van der Waals surface area contributed by atoms with Crippen LogP contribution in [0.4, 0.5) is 0 Å². The molecule has 0 spiro atoms. The van der Waals surface area contributed by atoms with Gasteiger partial charge in [0.25, 0.3) is 0 Å². The highest BCUT2D eigenvalue weighted by Gasteiger charge is 2.30. The minimum atomic E-state index is 0.512. The third kappa shape index (κ3) is 3.87. The van der Waals surface area contributed by atoms with Crippen LogP contribution in [0.25, 0.3) is 0 Å². The molecule has 0 saturated heterocycles. The van der Waals surface area contributed by atoms with Gasteiger partial charge in [0.1, 0.15) is 0 Å². The van der Waals surface area contributed by atoms with E-state index in [0.29, 0.717) is 6.04 Å². The summed E-state index contributed by atoms with van der Waals surface area (Å²) in [6.07, 6.45) is 5.02. The Bertz CT molecular complexity index is 419. The maximum Gasteiger partial charge on any atom is 0.0439 e. The zero-order valence-electron chi connectivity index (χ0n) is 11.8. The molecule has 3 unspecified atom stereocenters. The molecule has 19 heavy (non-hydrogen) atoms. The van der Waals surface area contributed by atoms with Gasteiger partial charge in [-0.05, 0) is 55.0 Å². The van der Waals surface area contributed by atoms with Crippen LogP contribution in [0.3, 0.4) is 0 Å². The van der Waals surface area contributed by atoms with Crippen LogP contribution in [0, 0.1) is 11.8 Å². The average molecular weight is 300 g/mol. The molecule has 1 aromatic carbocycles. The van der Waals surface area contributed by atoms with Gasteiger partial charge in [-0.15, -0.1) is 0 Å². The third-order valence-electron chi connectivity index (χ3n) is 4.36. The topological polar surface area (TPSA) is 12.0 Å². The van der Waals surface area contributed by atoms with Crippen molar-refractivity contribution in [1.82, 2.24) is 5.32 Å². The van der Waals surface area contributed by atoms with Crippen molar-refractivity contribution < 1.29 is 0 Å². The van der Waals surface area contributed by atoms with Crippen molar-refractivity contribution in [3.8, 4) is 0 Å². The number of rotatable bonds is 5. The number of hydrogen-bond acceptors (Lipinski definition) is 1. The summed E-state index contributed by atoms with van der Waals surface area (Å²) in [7, 11) is 0. The van der Waals surface area contributed by atoms with Crippen LogP contribution >= 0.6 is 23.2 Å². The van der Waals surface area contributed by atoms with E-state index in [0.717, 1.165) is 34.8 Å². The first-order chi connectivity index (χ1) is 9.11. The second-order valence-electron chi connectivity index (χ2n) is 5.68. The van der Waals surface area contributed by atoms with Crippen LogP contribution in [0.5, 0.6) is 0 Å². The lowest BCUT2D eigenvalue weighted by Gasteiger charge is -2.28. The molecule has 3 heteroatoms. The zero-order chi connectivity index (χ0) is 13.8. The molecule has 2 rings (SSSR count). The highest BCUT2D eigenvalue weighted by molar-refractivity contribution is 6.33. The van der Waals surface area contributed by atoms with Gasteiger partial charge in [-0.2, -0.15) is 0 Å². The molecule has 0 amide bonds. The average Bonchev–Trinajstić information content (AvgIpc) is 2.79. The van der Waals surface area contributed by atoms with Crippen molar-refractivity contribution in [2.45, 2.75) is 45.6 Å². The summed E-state index contributed by atoms with van der Waals surface area (Å²) in [4.78, 5) is 0. The minimum absolute atomic E-state index is 0.512. The summed E-state index contributed by atoms with van der Waals surface area (Å²) < 4.78 is 0. The number of halogens is 2. The van der Waals surface area contributed by atoms with Crippen molar-refractivity contribution in [2.75, 3.05) is 6.54 Å². The maximum absolute atomic E-state index is 6.30. The van der Waals surface area contributed by atoms with Gasteiger partial charge >= 0.3 is 0 Å². The molecule has 1 aliphatic rings. The molecule has 1 fully saturated rings. The van der Waals surface area contributed by atoms with E-state index in [1.165, 1.54) is 24.8 Å². The number of nitrogens with one attached hydrogen (secondary N) is 1. The van der Waals surface area contributed by atoms with Gasteiger partial charge in [0, 0.05) is 16.1 Å². The summed E-state index contributed by atoms with van der Waals surface area (Å²) >= 11 is 12.4. The first kappa shape index (κ1) is 15.2. The van der Waals surface area contributed by atoms with Gasteiger partial charge in [-0.1, -0.05) is 49.9 Å². The predicted molar refractivity (Wildman–Crippen MR) is 84.1 cm³/mol. The van der Waals surface area contributed by atoms with Crippen LogP contribution in [0.15, 0.2) is 18.2 Å². The fourth-order valence-electron chi connectivity index (χ4n) is 3.35. The lowest BCUT2D eigenvalue weighted by atomic mass is 9.86. The Labute approximate surface area is 126 Å². The quantitative estimate of drug-likeness (QED) is 0.811.